The van der Waals surface area contributed by atoms with Gasteiger partial charge in [-0.1, -0.05) is 20.3 Å². The van der Waals surface area contributed by atoms with E-state index in [0.717, 1.165) is 12.8 Å². The number of hydrogen-bond donors (Lipinski definition) is 2. The lowest BCUT2D eigenvalue weighted by molar-refractivity contribution is -0.143. The molecule has 1 aromatic rings. The Morgan fingerprint density at radius 1 is 1.17 bits per heavy atom. The van der Waals surface area contributed by atoms with Crippen LogP contribution in [0.25, 0.3) is 0 Å². The molecule has 0 radical (unpaired) electrons. The van der Waals surface area contributed by atoms with Crippen molar-refractivity contribution >= 4 is 27.9 Å². The maximum Gasteiger partial charge on any atom is 0.338 e. The zero-order valence-corrected chi connectivity index (χ0v) is 19.9. The number of carbonyl (C=O) groups excluding carboxylic acids is 2. The predicted octanol–water partition coefficient (Wildman–Crippen LogP) is 5.00. The fourth-order valence-electron chi connectivity index (χ4n) is 3.20. The van der Waals surface area contributed by atoms with E-state index in [9.17, 15) is 9.59 Å². The van der Waals surface area contributed by atoms with Crippen LogP contribution in [0, 0.1) is 0 Å². The first kappa shape index (κ1) is 24.1. The van der Waals surface area contributed by atoms with Crippen molar-refractivity contribution in [2.24, 2.45) is 0 Å². The van der Waals surface area contributed by atoms with E-state index in [1.54, 1.807) is 13.8 Å². The zero-order chi connectivity index (χ0) is 22.3. The van der Waals surface area contributed by atoms with Gasteiger partial charge in [-0.15, -0.1) is 0 Å². The van der Waals surface area contributed by atoms with Gasteiger partial charge < -0.3 is 24.8 Å². The second-order valence-corrected chi connectivity index (χ2v) is 8.09. The van der Waals surface area contributed by atoms with Crippen molar-refractivity contribution in [2.75, 3.05) is 13.2 Å². The summed E-state index contributed by atoms with van der Waals surface area (Å²) in [6, 6.07) is 2.63. The third-order valence-electron chi connectivity index (χ3n) is 4.33. The van der Waals surface area contributed by atoms with Crippen LogP contribution in [0.5, 0.6) is 11.5 Å². The Balaban J connectivity index is 2.58. The average molecular weight is 483 g/mol. The van der Waals surface area contributed by atoms with Gasteiger partial charge in [0.25, 0.3) is 0 Å². The number of benzene rings is 1. The van der Waals surface area contributed by atoms with Gasteiger partial charge in [-0.3, -0.25) is 0 Å². The summed E-state index contributed by atoms with van der Waals surface area (Å²) in [5, 5.41) is 5.63. The fraction of sp³-hybridized carbons (Fsp3) is 0.545. The quantitative estimate of drug-likeness (QED) is 0.458. The number of carbonyl (C=O) groups is 2. The van der Waals surface area contributed by atoms with Gasteiger partial charge in [0.15, 0.2) is 11.5 Å². The molecule has 0 saturated heterocycles. The second kappa shape index (κ2) is 11.2. The van der Waals surface area contributed by atoms with Crippen LogP contribution in [0.15, 0.2) is 27.9 Å². The highest BCUT2D eigenvalue weighted by molar-refractivity contribution is 9.10. The molecule has 2 N–H and O–H groups in total. The minimum atomic E-state index is -0.665. The molecule has 2 rings (SSSR count). The molecule has 0 spiro atoms. The Morgan fingerprint density at radius 3 is 2.50 bits per heavy atom. The number of urea groups is 1. The summed E-state index contributed by atoms with van der Waals surface area (Å²) in [7, 11) is 0. The Labute approximate surface area is 186 Å². The molecular formula is C22H31BrN2O5. The second-order valence-electron chi connectivity index (χ2n) is 7.24. The van der Waals surface area contributed by atoms with Gasteiger partial charge in [0, 0.05) is 5.70 Å². The molecule has 8 heteroatoms. The lowest BCUT2D eigenvalue weighted by Crippen LogP contribution is -2.46. The Hall–Kier alpha value is -2.22. The van der Waals surface area contributed by atoms with Crippen molar-refractivity contribution in [3.8, 4) is 11.5 Å². The van der Waals surface area contributed by atoms with Crippen molar-refractivity contribution in [1.29, 1.82) is 0 Å². The molecule has 30 heavy (non-hydrogen) atoms. The van der Waals surface area contributed by atoms with Gasteiger partial charge in [-0.25, -0.2) is 9.59 Å². The largest absolute Gasteiger partial charge is 0.490 e. The highest BCUT2D eigenvalue weighted by Crippen LogP contribution is 2.41. The smallest absolute Gasteiger partial charge is 0.338 e. The first-order valence-electron chi connectivity index (χ1n) is 10.4. The number of nitrogens with one attached hydrogen (secondary N) is 2. The summed E-state index contributed by atoms with van der Waals surface area (Å²) < 4.78 is 17.8. The topological polar surface area (TPSA) is 85.9 Å². The van der Waals surface area contributed by atoms with Crippen LogP contribution in [0.3, 0.4) is 0 Å². The van der Waals surface area contributed by atoms with Crippen LogP contribution in [-0.4, -0.2) is 31.3 Å². The Bertz CT molecular complexity index is 807. The van der Waals surface area contributed by atoms with Gasteiger partial charge in [0.1, 0.15) is 0 Å². The molecule has 1 aliphatic rings. The first-order chi connectivity index (χ1) is 14.3. The van der Waals surface area contributed by atoms with Crippen molar-refractivity contribution in [1.82, 2.24) is 10.6 Å². The Morgan fingerprint density at radius 2 is 1.90 bits per heavy atom. The van der Waals surface area contributed by atoms with Crippen LogP contribution in [0.1, 0.15) is 65.5 Å². The molecule has 166 valence electrons. The van der Waals surface area contributed by atoms with Crippen LogP contribution in [0.2, 0.25) is 0 Å². The molecule has 0 fully saturated rings. The third-order valence-corrected chi connectivity index (χ3v) is 4.92. The molecular weight excluding hydrogens is 452 g/mol. The summed E-state index contributed by atoms with van der Waals surface area (Å²) in [5.74, 6) is 0.704. The van der Waals surface area contributed by atoms with E-state index >= 15 is 0 Å². The molecule has 7 nitrogen and oxygen atoms in total. The van der Waals surface area contributed by atoms with Crippen molar-refractivity contribution in [3.05, 3.63) is 33.4 Å². The SMILES string of the molecule is CCCOc1c(Br)cc(C2NC(=O)NC(CCC)=C2C(=O)OC(C)C)cc1OCC. The molecule has 1 aromatic carbocycles. The van der Waals surface area contributed by atoms with E-state index in [-0.39, 0.29) is 12.1 Å². The summed E-state index contributed by atoms with van der Waals surface area (Å²) in [4.78, 5) is 25.3. The van der Waals surface area contributed by atoms with Crippen LogP contribution in [0.4, 0.5) is 4.79 Å². The monoisotopic (exact) mass is 482 g/mol. The molecule has 1 aliphatic heterocycles. The number of hydrogen-bond acceptors (Lipinski definition) is 5. The predicted molar refractivity (Wildman–Crippen MR) is 119 cm³/mol. The zero-order valence-electron chi connectivity index (χ0n) is 18.3. The van der Waals surface area contributed by atoms with E-state index in [2.05, 4.69) is 26.6 Å². The molecule has 1 atom stereocenters. The van der Waals surface area contributed by atoms with E-state index < -0.39 is 12.0 Å². The van der Waals surface area contributed by atoms with Crippen molar-refractivity contribution in [2.45, 2.75) is 66.0 Å². The average Bonchev–Trinajstić information content (AvgIpc) is 2.66. The van der Waals surface area contributed by atoms with Gasteiger partial charge in [-0.05, 0) is 67.2 Å². The lowest BCUT2D eigenvalue weighted by Gasteiger charge is -2.30. The summed E-state index contributed by atoms with van der Waals surface area (Å²) in [6.45, 7) is 10.5. The number of ether oxygens (including phenoxy) is 3. The highest BCUT2D eigenvalue weighted by atomic mass is 79.9. The highest BCUT2D eigenvalue weighted by Gasteiger charge is 2.34. The van der Waals surface area contributed by atoms with Crippen LogP contribution >= 0.6 is 15.9 Å². The van der Waals surface area contributed by atoms with Gasteiger partial charge in [0.2, 0.25) is 0 Å². The summed E-state index contributed by atoms with van der Waals surface area (Å²) in [5.41, 5.74) is 1.69. The van der Waals surface area contributed by atoms with Crippen LogP contribution < -0.4 is 20.1 Å². The minimum absolute atomic E-state index is 0.276. The van der Waals surface area contributed by atoms with Crippen molar-refractivity contribution < 1.29 is 23.8 Å². The summed E-state index contributed by atoms with van der Waals surface area (Å²) >= 11 is 3.56. The molecule has 2 amide bonds. The maximum absolute atomic E-state index is 12.9. The number of rotatable bonds is 10. The number of amides is 2. The van der Waals surface area contributed by atoms with Gasteiger partial charge in [0.05, 0.1) is 35.4 Å². The maximum atomic E-state index is 12.9. The first-order valence-corrected chi connectivity index (χ1v) is 11.2. The number of halogens is 1. The molecule has 0 aliphatic carbocycles. The van der Waals surface area contributed by atoms with Crippen molar-refractivity contribution in [3.63, 3.8) is 0 Å². The molecule has 0 bridgehead atoms. The van der Waals surface area contributed by atoms with E-state index in [4.69, 9.17) is 14.2 Å². The third kappa shape index (κ3) is 5.90. The molecule has 1 unspecified atom stereocenters. The minimum Gasteiger partial charge on any atom is -0.490 e. The van der Waals surface area contributed by atoms with Gasteiger partial charge >= 0.3 is 12.0 Å². The fourth-order valence-corrected chi connectivity index (χ4v) is 3.77. The normalized spacial score (nSPS) is 16.2. The standard InChI is InChI=1S/C22H31BrN2O5/c1-6-9-16-18(21(26)30-13(4)5)19(25-22(27)24-16)14-11-15(23)20(29-10-7-2)17(12-14)28-8-3/h11-13,19H,6-10H2,1-5H3,(H2,24,25,27). The van der Waals surface area contributed by atoms with E-state index in [1.807, 2.05) is 32.9 Å². The number of allylic oxidation sites excluding steroid dienone is 1. The van der Waals surface area contributed by atoms with E-state index in [1.165, 1.54) is 0 Å². The molecule has 1 heterocycles. The van der Waals surface area contributed by atoms with E-state index in [0.29, 0.717) is 52.4 Å². The lowest BCUT2D eigenvalue weighted by atomic mass is 9.93. The molecule has 0 saturated carbocycles. The van der Waals surface area contributed by atoms with Crippen LogP contribution in [-0.2, 0) is 9.53 Å². The van der Waals surface area contributed by atoms with Gasteiger partial charge in [-0.2, -0.15) is 0 Å². The summed E-state index contributed by atoms with van der Waals surface area (Å²) in [6.07, 6.45) is 1.92. The Kier molecular flexibility index (Phi) is 9.02. The molecule has 0 aromatic heterocycles. The number of esters is 1.